The van der Waals surface area contributed by atoms with Crippen molar-refractivity contribution in [2.45, 2.75) is 26.6 Å². The molecule has 2 amide bonds. The molecule has 0 atom stereocenters. The summed E-state index contributed by atoms with van der Waals surface area (Å²) in [5.74, 6) is 0.0188. The molecule has 0 saturated carbocycles. The fourth-order valence-electron chi connectivity index (χ4n) is 4.14. The van der Waals surface area contributed by atoms with Gasteiger partial charge in [0.05, 0.1) is 11.1 Å². The first-order valence-corrected chi connectivity index (χ1v) is 11.5. The lowest BCUT2D eigenvalue weighted by Crippen LogP contribution is -2.35. The summed E-state index contributed by atoms with van der Waals surface area (Å²) >= 11 is 0. The van der Waals surface area contributed by atoms with Crippen molar-refractivity contribution in [3.8, 4) is 11.1 Å². The number of rotatable bonds is 5. The topological polar surface area (TPSA) is 110 Å². The van der Waals surface area contributed by atoms with Crippen LogP contribution in [0, 0.1) is 13.8 Å². The molecule has 2 aromatic carbocycles. The molecule has 5 rings (SSSR count). The van der Waals surface area contributed by atoms with Crippen LogP contribution in [0.1, 0.15) is 22.5 Å². The fourth-order valence-corrected chi connectivity index (χ4v) is 4.14. The second-order valence-electron chi connectivity index (χ2n) is 8.56. The Morgan fingerprint density at radius 2 is 1.74 bits per heavy atom. The van der Waals surface area contributed by atoms with Gasteiger partial charge in [-0.2, -0.15) is 13.2 Å². The number of carbonyl (C=O) groups excluding carboxylic acids is 1. The summed E-state index contributed by atoms with van der Waals surface area (Å²) in [7, 11) is 0. The van der Waals surface area contributed by atoms with Gasteiger partial charge in [0.15, 0.2) is 0 Å². The lowest BCUT2D eigenvalue weighted by Gasteiger charge is -2.12. The smallest absolute Gasteiger partial charge is 0.308 e. The third-order valence-electron chi connectivity index (χ3n) is 5.83. The molecule has 38 heavy (non-hydrogen) atoms. The number of aromatic nitrogens is 5. The summed E-state index contributed by atoms with van der Waals surface area (Å²) in [5, 5.41) is 8.97. The molecule has 3 heterocycles. The van der Waals surface area contributed by atoms with Gasteiger partial charge in [-0.1, -0.05) is 30.3 Å². The molecule has 2 N–H and O–H groups in total. The van der Waals surface area contributed by atoms with Crippen molar-refractivity contribution in [3.05, 3.63) is 89.8 Å². The molecule has 0 aliphatic carbocycles. The van der Waals surface area contributed by atoms with Crippen LogP contribution >= 0.6 is 0 Å². The number of alkyl halides is 3. The zero-order chi connectivity index (χ0) is 26.9. The van der Waals surface area contributed by atoms with Crippen LogP contribution in [0.25, 0.3) is 22.0 Å². The number of aryl methyl sites for hydroxylation is 2. The lowest BCUT2D eigenvalue weighted by atomic mass is 10.0. The Labute approximate surface area is 214 Å². The van der Waals surface area contributed by atoms with Crippen molar-refractivity contribution < 1.29 is 27.2 Å². The van der Waals surface area contributed by atoms with Gasteiger partial charge in [0.1, 0.15) is 6.33 Å². The molecular formula is C26H21F3N7O2+. The first-order valence-electron chi connectivity index (χ1n) is 11.5. The van der Waals surface area contributed by atoms with Crippen LogP contribution in [0.4, 0.5) is 29.5 Å². The Morgan fingerprint density at radius 3 is 2.45 bits per heavy atom. The number of hydrogen-bond donors (Lipinski definition) is 2. The Balaban J connectivity index is 1.26. The zero-order valence-corrected chi connectivity index (χ0v) is 20.2. The van der Waals surface area contributed by atoms with E-state index in [4.69, 9.17) is 4.52 Å². The largest absolute Gasteiger partial charge is 0.418 e. The molecule has 3 aromatic heterocycles. The predicted octanol–water partition coefficient (Wildman–Crippen LogP) is 5.30. The molecule has 0 spiro atoms. The van der Waals surface area contributed by atoms with E-state index in [0.29, 0.717) is 6.54 Å². The zero-order valence-electron chi connectivity index (χ0n) is 20.2. The van der Waals surface area contributed by atoms with E-state index in [2.05, 4.69) is 30.9 Å². The number of carbonyl (C=O) groups is 1. The number of pyridine rings is 1. The predicted molar refractivity (Wildman–Crippen MR) is 132 cm³/mol. The van der Waals surface area contributed by atoms with Crippen molar-refractivity contribution in [3.63, 3.8) is 0 Å². The fraction of sp³-hybridized carbons (Fsp3) is 0.154. The van der Waals surface area contributed by atoms with Crippen LogP contribution in [0.15, 0.2) is 71.8 Å². The molecule has 12 heteroatoms. The average Bonchev–Trinajstić information content (AvgIpc) is 3.30. The summed E-state index contributed by atoms with van der Waals surface area (Å²) in [5.41, 5.74) is 3.50. The highest BCUT2D eigenvalue weighted by Gasteiger charge is 2.34. The minimum Gasteiger partial charge on any atom is -0.308 e. The van der Waals surface area contributed by atoms with Crippen LogP contribution in [0.2, 0.25) is 0 Å². The van der Waals surface area contributed by atoms with E-state index in [-0.39, 0.29) is 22.5 Å². The van der Waals surface area contributed by atoms with E-state index in [0.717, 1.165) is 34.1 Å². The highest BCUT2D eigenvalue weighted by atomic mass is 19.4. The Morgan fingerprint density at radius 1 is 1.00 bits per heavy atom. The first-order chi connectivity index (χ1) is 18.2. The second-order valence-corrected chi connectivity index (χ2v) is 8.56. The number of halogens is 3. The van der Waals surface area contributed by atoms with Crippen LogP contribution in [-0.2, 0) is 12.7 Å². The van der Waals surface area contributed by atoms with Gasteiger partial charge in [0.2, 0.25) is 11.8 Å². The van der Waals surface area contributed by atoms with Gasteiger partial charge in [-0.15, -0.1) is 0 Å². The molecule has 0 aliphatic heterocycles. The van der Waals surface area contributed by atoms with Crippen molar-refractivity contribution in [2.75, 3.05) is 10.6 Å². The molecule has 0 saturated heterocycles. The van der Waals surface area contributed by atoms with Crippen molar-refractivity contribution in [1.82, 2.24) is 20.2 Å². The minimum atomic E-state index is -4.64. The summed E-state index contributed by atoms with van der Waals surface area (Å²) in [6, 6.07) is 12.3. The average molecular weight is 520 g/mol. The molecule has 9 nitrogen and oxygen atoms in total. The van der Waals surface area contributed by atoms with Crippen LogP contribution in [-0.4, -0.2) is 26.3 Å². The van der Waals surface area contributed by atoms with E-state index in [9.17, 15) is 18.0 Å². The Bertz CT molecular complexity index is 1610. The molecule has 0 radical (unpaired) electrons. The second kappa shape index (κ2) is 9.88. The van der Waals surface area contributed by atoms with Gasteiger partial charge < -0.3 is 5.32 Å². The number of fused-ring (bicyclic) bond motifs is 1. The van der Waals surface area contributed by atoms with E-state index in [1.54, 1.807) is 0 Å². The van der Waals surface area contributed by atoms with Crippen molar-refractivity contribution in [2.24, 2.45) is 0 Å². The number of amides is 2. The third-order valence-corrected chi connectivity index (χ3v) is 5.83. The standard InChI is InChI=1S/C26H20F3N7O2/c1-15-23(16(2)32-14-31-15)18-7-5-17(6-8-18)12-36-13-22(38-35-36)34-25(37)33-20-10-19-4-3-9-30-24(19)21(11-20)26(27,28)29/h3-11,13-14H,12H2,1-2H3,(H-,33,34,35,37)/p+1. The molecule has 0 fully saturated rings. The highest BCUT2D eigenvalue weighted by Crippen LogP contribution is 2.36. The van der Waals surface area contributed by atoms with Gasteiger partial charge in [-0.05, 0) is 42.3 Å². The van der Waals surface area contributed by atoms with Crippen molar-refractivity contribution >= 4 is 28.5 Å². The molecule has 0 bridgehead atoms. The quantitative estimate of drug-likeness (QED) is 0.305. The van der Waals surface area contributed by atoms with Gasteiger partial charge in [-0.25, -0.2) is 14.8 Å². The third kappa shape index (κ3) is 5.28. The maximum Gasteiger partial charge on any atom is 0.418 e. The Kier molecular flexibility index (Phi) is 6.45. The number of nitrogens with zero attached hydrogens (tertiary/aromatic N) is 5. The van der Waals surface area contributed by atoms with E-state index < -0.39 is 17.8 Å². The SMILES string of the molecule is Cc1ncnc(C)c1-c1ccc(C[n+]2cc(NC(=O)Nc3cc(C(F)(F)F)c4ncccc4c3)on2)cc1. The Hall–Kier alpha value is -4.87. The van der Waals surface area contributed by atoms with Crippen LogP contribution in [0.5, 0.6) is 0 Å². The van der Waals surface area contributed by atoms with Gasteiger partial charge in [0.25, 0.3) is 6.20 Å². The molecule has 0 aliphatic rings. The summed E-state index contributed by atoms with van der Waals surface area (Å²) in [4.78, 5) is 24.8. The lowest BCUT2D eigenvalue weighted by molar-refractivity contribution is -0.754. The van der Waals surface area contributed by atoms with Crippen LogP contribution in [0.3, 0.4) is 0 Å². The number of urea groups is 1. The molecule has 5 aromatic rings. The van der Waals surface area contributed by atoms with E-state index >= 15 is 0 Å². The van der Waals surface area contributed by atoms with E-state index in [1.807, 2.05) is 38.1 Å². The van der Waals surface area contributed by atoms with E-state index in [1.165, 1.54) is 41.6 Å². The summed E-state index contributed by atoms with van der Waals surface area (Å²) in [6.07, 6.45) is -0.347. The van der Waals surface area contributed by atoms with Gasteiger partial charge in [-0.3, -0.25) is 14.8 Å². The number of benzene rings is 2. The maximum atomic E-state index is 13.5. The summed E-state index contributed by atoms with van der Waals surface area (Å²) in [6.45, 7) is 4.23. The molecule has 0 unspecified atom stereocenters. The number of anilines is 2. The summed E-state index contributed by atoms with van der Waals surface area (Å²) < 4.78 is 47.2. The van der Waals surface area contributed by atoms with Gasteiger partial charge >= 0.3 is 18.1 Å². The maximum absolute atomic E-state index is 13.5. The first kappa shape index (κ1) is 24.8. The van der Waals surface area contributed by atoms with Crippen molar-refractivity contribution in [1.29, 1.82) is 0 Å². The normalized spacial score (nSPS) is 11.5. The number of nitrogens with one attached hydrogen (secondary N) is 2. The minimum absolute atomic E-state index is 0.0188. The number of hydrogen-bond acceptors (Lipinski definition) is 6. The highest BCUT2D eigenvalue weighted by molar-refractivity contribution is 6.00. The molecule has 192 valence electrons. The van der Waals surface area contributed by atoms with Gasteiger partial charge in [0, 0.05) is 39.8 Å². The monoisotopic (exact) mass is 520 g/mol. The van der Waals surface area contributed by atoms with Crippen LogP contribution < -0.4 is 15.3 Å². The molecular weight excluding hydrogens is 499 g/mol.